The maximum absolute atomic E-state index is 13.1. The number of pyridine rings is 1. The van der Waals surface area contributed by atoms with Crippen LogP contribution in [-0.2, 0) is 6.54 Å². The van der Waals surface area contributed by atoms with Crippen molar-refractivity contribution < 1.29 is 22.7 Å². The number of alkyl halides is 3. The number of halogens is 4. The fourth-order valence-electron chi connectivity index (χ4n) is 5.31. The average Bonchev–Trinajstić information content (AvgIpc) is 3.24. The van der Waals surface area contributed by atoms with Gasteiger partial charge in [0, 0.05) is 30.5 Å². The molecule has 42 heavy (non-hydrogen) atoms. The van der Waals surface area contributed by atoms with Gasteiger partial charge < -0.3 is 10.1 Å². The second kappa shape index (κ2) is 12.1. The van der Waals surface area contributed by atoms with Crippen LogP contribution in [0.4, 0.5) is 13.2 Å². The smallest absolute Gasteiger partial charge is 0.394 e. The molecule has 5 rings (SSSR count). The molecule has 3 aromatic rings. The Labute approximate surface area is 252 Å². The highest BCUT2D eigenvalue weighted by Crippen LogP contribution is 2.59. The molecule has 0 spiro atoms. The number of aromatic nitrogens is 5. The summed E-state index contributed by atoms with van der Waals surface area (Å²) in [6.45, 7) is 8.17. The zero-order chi connectivity index (χ0) is 30.1. The zero-order valence-electron chi connectivity index (χ0n) is 23.8. The Bertz CT molecular complexity index is 1420. The molecule has 1 saturated heterocycles. The van der Waals surface area contributed by atoms with Crippen LogP contribution in [0.15, 0.2) is 35.5 Å². The number of aryl methyl sites for hydroxylation is 2. The number of ether oxygens (including phenoxy) is 1. The van der Waals surface area contributed by atoms with Crippen LogP contribution in [0.3, 0.4) is 0 Å². The molecule has 9 nitrogen and oxygen atoms in total. The monoisotopic (exact) mass is 625 g/mol. The first-order chi connectivity index (χ1) is 19.8. The lowest BCUT2D eigenvalue weighted by Crippen LogP contribution is -2.31. The molecule has 0 aromatic carbocycles. The summed E-state index contributed by atoms with van der Waals surface area (Å²) in [7, 11) is 0. The molecule has 3 aromatic heterocycles. The Balaban J connectivity index is 1.10. The van der Waals surface area contributed by atoms with Gasteiger partial charge in [0.25, 0.3) is 5.91 Å². The number of amides is 1. The number of hydrogen-bond acceptors (Lipinski definition) is 7. The molecule has 2 aliphatic rings. The quantitative estimate of drug-likeness (QED) is 0.184. The minimum absolute atomic E-state index is 0.0126. The summed E-state index contributed by atoms with van der Waals surface area (Å²) in [4.78, 5) is 18.0. The second-order valence-electron chi connectivity index (χ2n) is 11.8. The predicted molar refractivity (Wildman–Crippen MR) is 154 cm³/mol. The van der Waals surface area contributed by atoms with Crippen LogP contribution >= 0.6 is 23.5 Å². The van der Waals surface area contributed by atoms with Gasteiger partial charge in [-0.1, -0.05) is 11.6 Å². The van der Waals surface area contributed by atoms with Crippen LogP contribution in [0, 0.1) is 18.3 Å². The number of nitrogens with zero attached hydrogens (tertiary/aromatic N) is 5. The molecule has 1 amide bonds. The van der Waals surface area contributed by atoms with Crippen molar-refractivity contribution in [2.75, 3.05) is 13.2 Å². The average molecular weight is 626 g/mol. The molecule has 1 saturated carbocycles. The molecule has 0 radical (unpaired) electrons. The molecule has 1 aliphatic heterocycles. The molecule has 2 N–H and O–H groups in total. The van der Waals surface area contributed by atoms with Crippen LogP contribution in [0.2, 0.25) is 5.15 Å². The van der Waals surface area contributed by atoms with E-state index < -0.39 is 17.5 Å². The first-order valence-electron chi connectivity index (χ1n) is 14.0. The topological polar surface area (TPSA) is 98.9 Å². The van der Waals surface area contributed by atoms with Gasteiger partial charge in [-0.05, 0) is 95.8 Å². The fraction of sp³-hybridized carbons (Fsp3) is 0.571. The van der Waals surface area contributed by atoms with E-state index in [-0.39, 0.29) is 48.0 Å². The third-order valence-corrected chi connectivity index (χ3v) is 9.18. The van der Waals surface area contributed by atoms with Crippen molar-refractivity contribution in [3.63, 3.8) is 0 Å². The molecule has 228 valence electrons. The van der Waals surface area contributed by atoms with E-state index in [1.54, 1.807) is 18.3 Å². The van der Waals surface area contributed by atoms with Gasteiger partial charge >= 0.3 is 6.18 Å². The van der Waals surface area contributed by atoms with E-state index in [1.165, 1.54) is 29.1 Å². The van der Waals surface area contributed by atoms with Gasteiger partial charge in [0.15, 0.2) is 5.82 Å². The van der Waals surface area contributed by atoms with Crippen LogP contribution in [0.25, 0.3) is 5.82 Å². The van der Waals surface area contributed by atoms with Crippen molar-refractivity contribution in [3.8, 4) is 11.7 Å². The lowest BCUT2D eigenvalue weighted by atomic mass is 9.94. The Morgan fingerprint density at radius 1 is 1.26 bits per heavy atom. The summed E-state index contributed by atoms with van der Waals surface area (Å²) in [6.07, 6.45) is 2.81. The minimum atomic E-state index is -4.21. The lowest BCUT2D eigenvalue weighted by Gasteiger charge is -2.18. The molecule has 0 bridgehead atoms. The Hall–Kier alpha value is -2.77. The zero-order valence-corrected chi connectivity index (χ0v) is 25.4. The maximum atomic E-state index is 13.1. The van der Waals surface area contributed by atoms with Crippen molar-refractivity contribution in [2.24, 2.45) is 11.3 Å². The predicted octanol–water partition coefficient (Wildman–Crippen LogP) is 6.14. The highest BCUT2D eigenvalue weighted by Gasteiger charge is 2.62. The van der Waals surface area contributed by atoms with Gasteiger partial charge in [-0.25, -0.2) is 9.67 Å². The summed E-state index contributed by atoms with van der Waals surface area (Å²) in [6, 6.07) is 4.66. The number of carbonyl (C=O) groups excluding carboxylic acids is 1. The summed E-state index contributed by atoms with van der Waals surface area (Å²) >= 11 is 7.50. The fourth-order valence-corrected chi connectivity index (χ4v) is 6.22. The Kier molecular flexibility index (Phi) is 8.82. The standard InChI is InChI=1S/C28H35ClF3N7O2S/c1-18-21(17-38(35-18)12-4-5-19-15-26(2,3)33-16-19)42-37-25(40)20-6-7-22(34-24(20)29)39-13-8-23(36-39)41-14-11-27(9-10-27)28(30,31)32/h6-8,13,17,19,33H,4-5,9-12,14-16H2,1-3H3,(H,37,40)/t19-/m0/s1. The third kappa shape index (κ3) is 7.23. The van der Waals surface area contributed by atoms with E-state index in [1.807, 2.05) is 17.8 Å². The summed E-state index contributed by atoms with van der Waals surface area (Å²) in [5, 5.41) is 12.3. The molecule has 14 heteroatoms. The van der Waals surface area contributed by atoms with Crippen molar-refractivity contribution in [3.05, 3.63) is 47.0 Å². The number of rotatable bonds is 12. The summed E-state index contributed by atoms with van der Waals surface area (Å²) in [5.41, 5.74) is -0.388. The van der Waals surface area contributed by atoms with E-state index in [2.05, 4.69) is 39.1 Å². The van der Waals surface area contributed by atoms with E-state index >= 15 is 0 Å². The molecule has 1 atom stereocenters. The van der Waals surface area contributed by atoms with Crippen molar-refractivity contribution in [1.82, 2.24) is 34.6 Å². The summed E-state index contributed by atoms with van der Waals surface area (Å²) in [5.74, 6) is 0.794. The van der Waals surface area contributed by atoms with Gasteiger partial charge in [-0.15, -0.1) is 5.10 Å². The largest absolute Gasteiger partial charge is 0.477 e. The Morgan fingerprint density at radius 2 is 2.05 bits per heavy atom. The second-order valence-corrected chi connectivity index (χ2v) is 13.0. The highest BCUT2D eigenvalue weighted by molar-refractivity contribution is 7.98. The maximum Gasteiger partial charge on any atom is 0.394 e. The molecule has 2 fully saturated rings. The van der Waals surface area contributed by atoms with Crippen LogP contribution < -0.4 is 14.8 Å². The van der Waals surface area contributed by atoms with Gasteiger partial charge in [-0.2, -0.15) is 18.3 Å². The lowest BCUT2D eigenvalue weighted by molar-refractivity contribution is -0.190. The first kappa shape index (κ1) is 30.7. The molecule has 1 aliphatic carbocycles. The van der Waals surface area contributed by atoms with Crippen molar-refractivity contribution in [2.45, 2.75) is 82.5 Å². The SMILES string of the molecule is Cc1nn(CCC[C@@H]2CNC(C)(C)C2)cc1SNC(=O)c1ccc(-n2ccc(OCCC3(C(F)(F)F)CC3)n2)nc1Cl. The van der Waals surface area contributed by atoms with Gasteiger partial charge in [-0.3, -0.25) is 14.2 Å². The molecular formula is C28H35ClF3N7O2S. The van der Waals surface area contributed by atoms with Gasteiger partial charge in [0.2, 0.25) is 5.88 Å². The third-order valence-electron chi connectivity index (χ3n) is 7.99. The van der Waals surface area contributed by atoms with E-state index in [9.17, 15) is 18.0 Å². The van der Waals surface area contributed by atoms with Crippen molar-refractivity contribution >= 4 is 29.5 Å². The van der Waals surface area contributed by atoms with E-state index in [0.29, 0.717) is 11.7 Å². The normalized spacial score (nSPS) is 19.2. The molecular weight excluding hydrogens is 591 g/mol. The number of hydrogen-bond donors (Lipinski definition) is 2. The molecule has 0 unspecified atom stereocenters. The Morgan fingerprint density at radius 3 is 2.71 bits per heavy atom. The van der Waals surface area contributed by atoms with Crippen LogP contribution in [0.5, 0.6) is 5.88 Å². The minimum Gasteiger partial charge on any atom is -0.477 e. The first-order valence-corrected chi connectivity index (χ1v) is 15.2. The van der Waals surface area contributed by atoms with Gasteiger partial charge in [0.05, 0.1) is 28.2 Å². The number of carbonyl (C=O) groups is 1. The van der Waals surface area contributed by atoms with Crippen LogP contribution in [0.1, 0.15) is 68.4 Å². The molecule has 4 heterocycles. The van der Waals surface area contributed by atoms with Gasteiger partial charge in [0.1, 0.15) is 5.15 Å². The summed E-state index contributed by atoms with van der Waals surface area (Å²) < 4.78 is 50.8. The van der Waals surface area contributed by atoms with E-state index in [0.717, 1.165) is 36.5 Å². The van der Waals surface area contributed by atoms with Crippen LogP contribution in [-0.4, -0.2) is 55.3 Å². The van der Waals surface area contributed by atoms with Crippen molar-refractivity contribution in [1.29, 1.82) is 0 Å². The number of nitrogens with one attached hydrogen (secondary N) is 2. The van der Waals surface area contributed by atoms with E-state index in [4.69, 9.17) is 16.3 Å². The highest BCUT2D eigenvalue weighted by atomic mass is 35.5.